The summed E-state index contributed by atoms with van der Waals surface area (Å²) in [6.07, 6.45) is 5.03. The molecule has 80 valence electrons. The number of phenols is 1. The van der Waals surface area contributed by atoms with Crippen LogP contribution in [-0.2, 0) is 0 Å². The third-order valence-corrected chi connectivity index (χ3v) is 2.26. The van der Waals surface area contributed by atoms with Gasteiger partial charge in [0.05, 0.1) is 5.56 Å². The molecule has 0 atom stereocenters. The maximum atomic E-state index is 13.4. The Bertz CT molecular complexity index is 626. The Morgan fingerprint density at radius 1 is 1.00 bits per heavy atom. The molecule has 0 aliphatic heterocycles. The van der Waals surface area contributed by atoms with Crippen LogP contribution < -0.4 is 0 Å². The predicted molar refractivity (Wildman–Crippen MR) is 53.4 cm³/mol. The second kappa shape index (κ2) is 3.46. The van der Waals surface area contributed by atoms with Crippen LogP contribution in [-0.4, -0.2) is 5.11 Å². The third kappa shape index (κ3) is 1.29. The minimum atomic E-state index is -1.63. The van der Waals surface area contributed by atoms with Crippen LogP contribution in [0.3, 0.4) is 0 Å². The summed E-state index contributed by atoms with van der Waals surface area (Å²) in [5.74, 6) is -2.67. The van der Waals surface area contributed by atoms with E-state index in [2.05, 4.69) is 0 Å². The molecule has 0 amide bonds. The van der Waals surface area contributed by atoms with Crippen molar-refractivity contribution in [3.63, 3.8) is 0 Å². The number of hydrogen-bond acceptors (Lipinski definition) is 1. The summed E-state index contributed by atoms with van der Waals surface area (Å²) in [5.41, 5.74) is -0.353. The first-order chi connectivity index (χ1) is 7.56. The topological polar surface area (TPSA) is 20.2 Å². The van der Waals surface area contributed by atoms with Gasteiger partial charge in [0.25, 0.3) is 0 Å². The average Bonchev–Trinajstić information content (AvgIpc) is 2.28. The van der Waals surface area contributed by atoms with Gasteiger partial charge in [-0.3, -0.25) is 0 Å². The van der Waals surface area contributed by atoms with E-state index in [1.54, 1.807) is 0 Å². The van der Waals surface area contributed by atoms with Crippen LogP contribution >= 0.6 is 0 Å². The van der Waals surface area contributed by atoms with Crippen molar-refractivity contribution < 1.29 is 18.3 Å². The first kappa shape index (κ1) is 10.4. The van der Waals surface area contributed by atoms with Crippen LogP contribution in [0.4, 0.5) is 13.2 Å². The molecule has 0 fully saturated rings. The van der Waals surface area contributed by atoms with E-state index in [-0.39, 0.29) is 22.1 Å². The Hall–Kier alpha value is -2.15. The molecule has 2 aromatic rings. The molecule has 1 N–H and O–H groups in total. The van der Waals surface area contributed by atoms with Gasteiger partial charge in [-0.25, -0.2) is 13.2 Å². The van der Waals surface area contributed by atoms with E-state index in [0.717, 1.165) is 6.07 Å². The van der Waals surface area contributed by atoms with E-state index < -0.39 is 17.5 Å². The number of halogens is 3. The molecule has 0 aromatic heterocycles. The van der Waals surface area contributed by atoms with Crippen molar-refractivity contribution in [2.24, 2.45) is 0 Å². The van der Waals surface area contributed by atoms with Crippen LogP contribution in [0.1, 0.15) is 5.56 Å². The number of rotatable bonds is 0. The maximum absolute atomic E-state index is 13.4. The number of terminal acetylenes is 1. The highest BCUT2D eigenvalue weighted by Gasteiger charge is 2.18. The summed E-state index contributed by atoms with van der Waals surface area (Å²) in [6, 6.07) is 3.46. The number of hydrogen-bond donors (Lipinski definition) is 1. The van der Waals surface area contributed by atoms with Gasteiger partial charge in [0, 0.05) is 10.8 Å². The van der Waals surface area contributed by atoms with Crippen molar-refractivity contribution in [2.75, 3.05) is 0 Å². The first-order valence-electron chi connectivity index (χ1n) is 4.32. The van der Waals surface area contributed by atoms with Gasteiger partial charge in [-0.1, -0.05) is 5.92 Å². The molecule has 0 saturated carbocycles. The lowest BCUT2D eigenvalue weighted by Crippen LogP contribution is -1.97. The van der Waals surface area contributed by atoms with Crippen molar-refractivity contribution in [1.29, 1.82) is 0 Å². The van der Waals surface area contributed by atoms with E-state index >= 15 is 0 Å². The Morgan fingerprint density at radius 3 is 2.31 bits per heavy atom. The Labute approximate surface area is 89.1 Å². The first-order valence-corrected chi connectivity index (χ1v) is 4.32. The Morgan fingerprint density at radius 2 is 1.69 bits per heavy atom. The van der Waals surface area contributed by atoms with Gasteiger partial charge < -0.3 is 5.11 Å². The molecular weight excluding hydrogens is 217 g/mol. The molecule has 16 heavy (non-hydrogen) atoms. The molecule has 0 radical (unpaired) electrons. The summed E-state index contributed by atoms with van der Waals surface area (Å²) in [4.78, 5) is 0. The number of phenolic OH excluding ortho intramolecular Hbond substituents is 1. The molecule has 2 aromatic carbocycles. The van der Waals surface area contributed by atoms with Gasteiger partial charge in [-0.15, -0.1) is 6.42 Å². The normalized spacial score (nSPS) is 10.4. The molecule has 0 aliphatic carbocycles. The fraction of sp³-hybridized carbons (Fsp3) is 0. The van der Waals surface area contributed by atoms with Gasteiger partial charge in [0.2, 0.25) is 0 Å². The molecule has 1 nitrogen and oxygen atoms in total. The van der Waals surface area contributed by atoms with Gasteiger partial charge in [0.1, 0.15) is 5.75 Å². The van der Waals surface area contributed by atoms with Crippen LogP contribution in [0.15, 0.2) is 18.2 Å². The van der Waals surface area contributed by atoms with E-state index in [1.807, 2.05) is 5.92 Å². The molecule has 0 aliphatic rings. The van der Waals surface area contributed by atoms with Gasteiger partial charge in [-0.05, 0) is 18.2 Å². The molecule has 4 heteroatoms. The monoisotopic (exact) mass is 222 g/mol. The average molecular weight is 222 g/mol. The fourth-order valence-electron chi connectivity index (χ4n) is 1.52. The van der Waals surface area contributed by atoms with E-state index in [9.17, 15) is 13.2 Å². The second-order valence-electron chi connectivity index (χ2n) is 3.19. The van der Waals surface area contributed by atoms with E-state index in [4.69, 9.17) is 11.5 Å². The lowest BCUT2D eigenvalue weighted by molar-refractivity contribution is 0.451. The second-order valence-corrected chi connectivity index (χ2v) is 3.19. The molecular formula is C12H5F3O. The summed E-state index contributed by atoms with van der Waals surface area (Å²) in [6.45, 7) is 0. The van der Waals surface area contributed by atoms with Crippen molar-refractivity contribution in [3.05, 3.63) is 41.2 Å². The summed E-state index contributed by atoms with van der Waals surface area (Å²) in [5, 5.41) is 8.95. The number of benzene rings is 2. The van der Waals surface area contributed by atoms with Crippen molar-refractivity contribution >= 4 is 10.8 Å². The van der Waals surface area contributed by atoms with Crippen LogP contribution in [0, 0.1) is 29.8 Å². The minimum absolute atomic E-state index is 0.0525. The zero-order chi connectivity index (χ0) is 11.9. The van der Waals surface area contributed by atoms with Crippen LogP contribution in [0.2, 0.25) is 0 Å². The number of fused-ring (bicyclic) bond motifs is 1. The highest BCUT2D eigenvalue weighted by molar-refractivity contribution is 5.90. The summed E-state index contributed by atoms with van der Waals surface area (Å²) >= 11 is 0. The smallest absolute Gasteiger partial charge is 0.196 e. The quantitative estimate of drug-likeness (QED) is 0.536. The SMILES string of the molecule is C#Cc1c(F)c(F)c(F)c2cc(O)ccc12. The predicted octanol–water partition coefficient (Wildman–Crippen LogP) is 2.94. The zero-order valence-corrected chi connectivity index (χ0v) is 7.89. The molecule has 0 saturated heterocycles. The standard InChI is InChI=1S/C12H5F3O/c1-2-7-8-4-3-6(16)5-9(8)11(14)12(15)10(7)13/h1,3-5,16H. The molecule has 0 bridgehead atoms. The third-order valence-electron chi connectivity index (χ3n) is 2.26. The molecule has 0 unspecified atom stereocenters. The van der Waals surface area contributed by atoms with Crippen molar-refractivity contribution in [1.82, 2.24) is 0 Å². The molecule has 0 spiro atoms. The largest absolute Gasteiger partial charge is 0.508 e. The minimum Gasteiger partial charge on any atom is -0.508 e. The van der Waals surface area contributed by atoms with Gasteiger partial charge in [-0.2, -0.15) is 0 Å². The van der Waals surface area contributed by atoms with Gasteiger partial charge >= 0.3 is 0 Å². The molecule has 0 heterocycles. The maximum Gasteiger partial charge on any atom is 0.196 e. The lowest BCUT2D eigenvalue weighted by Gasteiger charge is -2.06. The van der Waals surface area contributed by atoms with Gasteiger partial charge in [0.15, 0.2) is 17.5 Å². The van der Waals surface area contributed by atoms with Crippen LogP contribution in [0.25, 0.3) is 10.8 Å². The van der Waals surface area contributed by atoms with E-state index in [0.29, 0.717) is 0 Å². The van der Waals surface area contributed by atoms with E-state index in [1.165, 1.54) is 12.1 Å². The number of aromatic hydroxyl groups is 1. The van der Waals surface area contributed by atoms with Crippen molar-refractivity contribution in [3.8, 4) is 18.1 Å². The van der Waals surface area contributed by atoms with Crippen LogP contribution in [0.5, 0.6) is 5.75 Å². The summed E-state index contributed by atoms with van der Waals surface area (Å²) in [7, 11) is 0. The highest BCUT2D eigenvalue weighted by Crippen LogP contribution is 2.29. The highest BCUT2D eigenvalue weighted by atomic mass is 19.2. The summed E-state index contributed by atoms with van der Waals surface area (Å²) < 4.78 is 39.7. The Kier molecular flexibility index (Phi) is 2.24. The lowest BCUT2D eigenvalue weighted by atomic mass is 10.0. The molecule has 2 rings (SSSR count). The Balaban J connectivity index is 3.05. The zero-order valence-electron chi connectivity index (χ0n) is 7.89. The fourth-order valence-corrected chi connectivity index (χ4v) is 1.52. The van der Waals surface area contributed by atoms with Crippen molar-refractivity contribution in [2.45, 2.75) is 0 Å².